The lowest BCUT2D eigenvalue weighted by molar-refractivity contribution is -0.117. The van der Waals surface area contributed by atoms with Crippen LogP contribution < -0.4 is 0 Å². The van der Waals surface area contributed by atoms with Crippen molar-refractivity contribution in [2.45, 2.75) is 32.6 Å². The number of hydrogen-bond donors (Lipinski definition) is 2. The molecule has 0 radical (unpaired) electrons. The van der Waals surface area contributed by atoms with E-state index in [1.807, 2.05) is 0 Å². The molecule has 0 aliphatic carbocycles. The summed E-state index contributed by atoms with van der Waals surface area (Å²) in [6, 6.07) is 0. The minimum absolute atomic E-state index is 0.0646. The average molecular weight is 194 g/mol. The number of ketones is 1. The van der Waals surface area contributed by atoms with Gasteiger partial charge in [-0.2, -0.15) is 0 Å². The van der Waals surface area contributed by atoms with Crippen molar-refractivity contribution in [1.82, 2.24) is 0 Å². The molecular weight excluding hydrogens is 179 g/mol. The van der Waals surface area contributed by atoms with E-state index in [1.165, 1.54) is 6.92 Å². The summed E-state index contributed by atoms with van der Waals surface area (Å²) < 4.78 is 10.4. The zero-order chi connectivity index (χ0) is 9.61. The van der Waals surface area contributed by atoms with Gasteiger partial charge in [0.05, 0.1) is 0 Å². The van der Waals surface area contributed by atoms with Gasteiger partial charge in [-0.25, -0.2) is 0 Å². The molecule has 0 aromatic rings. The molecule has 72 valence electrons. The zero-order valence-corrected chi connectivity index (χ0v) is 8.09. The fourth-order valence-corrected chi connectivity index (χ4v) is 1.50. The van der Waals surface area contributed by atoms with Crippen LogP contribution in [-0.4, -0.2) is 21.7 Å². The monoisotopic (exact) mass is 194 g/mol. The van der Waals surface area contributed by atoms with Gasteiger partial charge in [-0.3, -0.25) is 4.57 Å². The van der Waals surface area contributed by atoms with Gasteiger partial charge in [-0.15, -0.1) is 0 Å². The molecule has 2 N–H and O–H groups in total. The van der Waals surface area contributed by atoms with E-state index in [1.54, 1.807) is 0 Å². The predicted molar refractivity (Wildman–Crippen MR) is 46.1 cm³/mol. The van der Waals surface area contributed by atoms with E-state index in [4.69, 9.17) is 9.79 Å². The first kappa shape index (κ1) is 11.8. The summed E-state index contributed by atoms with van der Waals surface area (Å²) in [4.78, 5) is 27.4. The molecule has 12 heavy (non-hydrogen) atoms. The normalized spacial score (nSPS) is 11.6. The van der Waals surface area contributed by atoms with Crippen LogP contribution >= 0.6 is 7.60 Å². The molecular formula is C7H15O4P. The van der Waals surface area contributed by atoms with Crippen molar-refractivity contribution in [1.29, 1.82) is 0 Å². The largest absolute Gasteiger partial charge is 0.325 e. The molecule has 0 amide bonds. The van der Waals surface area contributed by atoms with Gasteiger partial charge in [0.15, 0.2) is 0 Å². The SMILES string of the molecule is CC(=O)CCCCCP(=O)(O)O. The van der Waals surface area contributed by atoms with Crippen molar-refractivity contribution in [3.63, 3.8) is 0 Å². The van der Waals surface area contributed by atoms with Crippen LogP contribution in [0.4, 0.5) is 0 Å². The van der Waals surface area contributed by atoms with Crippen LogP contribution in [0.2, 0.25) is 0 Å². The van der Waals surface area contributed by atoms with Crippen LogP contribution in [0.15, 0.2) is 0 Å². The zero-order valence-electron chi connectivity index (χ0n) is 7.19. The summed E-state index contributed by atoms with van der Waals surface area (Å²) in [6.07, 6.45) is 2.39. The van der Waals surface area contributed by atoms with Crippen molar-refractivity contribution in [3.05, 3.63) is 0 Å². The van der Waals surface area contributed by atoms with Gasteiger partial charge in [0, 0.05) is 12.6 Å². The van der Waals surface area contributed by atoms with Crippen molar-refractivity contribution in [2.75, 3.05) is 6.16 Å². The highest BCUT2D eigenvalue weighted by Crippen LogP contribution is 2.35. The molecule has 0 aromatic heterocycles. The molecule has 0 aromatic carbocycles. The third kappa shape index (κ3) is 9.82. The summed E-state index contributed by atoms with van der Waals surface area (Å²) >= 11 is 0. The highest BCUT2D eigenvalue weighted by molar-refractivity contribution is 7.51. The summed E-state index contributed by atoms with van der Waals surface area (Å²) in [7, 11) is -3.81. The number of hydrogen-bond acceptors (Lipinski definition) is 2. The van der Waals surface area contributed by atoms with E-state index in [2.05, 4.69) is 0 Å². The number of Topliss-reactive ketones (excluding diaryl/α,β-unsaturated/α-hetero) is 1. The van der Waals surface area contributed by atoms with Gasteiger partial charge in [-0.05, 0) is 19.8 Å². The van der Waals surface area contributed by atoms with Gasteiger partial charge in [0.2, 0.25) is 0 Å². The van der Waals surface area contributed by atoms with Crippen LogP contribution in [0, 0.1) is 0 Å². The molecule has 0 saturated heterocycles. The summed E-state index contributed by atoms with van der Waals surface area (Å²) in [5.41, 5.74) is 0. The maximum Gasteiger partial charge on any atom is 0.325 e. The van der Waals surface area contributed by atoms with E-state index in [0.29, 0.717) is 19.3 Å². The first-order valence-corrected chi connectivity index (χ1v) is 5.75. The van der Waals surface area contributed by atoms with Crippen molar-refractivity contribution >= 4 is 13.4 Å². The summed E-state index contributed by atoms with van der Waals surface area (Å²) in [6.45, 7) is 1.52. The minimum atomic E-state index is -3.81. The predicted octanol–water partition coefficient (Wildman–Crippen LogP) is 1.31. The summed E-state index contributed by atoms with van der Waals surface area (Å²) in [5.74, 6) is 0.131. The van der Waals surface area contributed by atoms with Crippen molar-refractivity contribution < 1.29 is 19.1 Å². The van der Waals surface area contributed by atoms with E-state index >= 15 is 0 Å². The van der Waals surface area contributed by atoms with E-state index < -0.39 is 7.60 Å². The molecule has 0 unspecified atom stereocenters. The maximum absolute atomic E-state index is 10.5. The lowest BCUT2D eigenvalue weighted by atomic mass is 10.2. The first-order chi connectivity index (χ1) is 5.42. The Morgan fingerprint density at radius 3 is 2.25 bits per heavy atom. The number of carbonyl (C=O) groups excluding carboxylic acids is 1. The minimum Gasteiger partial charge on any atom is -0.324 e. The van der Waals surface area contributed by atoms with E-state index in [0.717, 1.165) is 6.42 Å². The molecule has 0 spiro atoms. The maximum atomic E-state index is 10.5. The Balaban J connectivity index is 3.23. The van der Waals surface area contributed by atoms with Gasteiger partial charge in [0.1, 0.15) is 5.78 Å². The third-order valence-corrected chi connectivity index (χ3v) is 2.38. The van der Waals surface area contributed by atoms with Crippen LogP contribution in [0.25, 0.3) is 0 Å². The first-order valence-electron chi connectivity index (χ1n) is 3.96. The van der Waals surface area contributed by atoms with Crippen LogP contribution in [0.1, 0.15) is 32.6 Å². The second kappa shape index (κ2) is 5.46. The smallest absolute Gasteiger partial charge is 0.324 e. The number of unbranched alkanes of at least 4 members (excludes halogenated alkanes) is 2. The van der Waals surface area contributed by atoms with E-state index in [-0.39, 0.29) is 11.9 Å². The Morgan fingerprint density at radius 1 is 1.25 bits per heavy atom. The van der Waals surface area contributed by atoms with Gasteiger partial charge < -0.3 is 14.6 Å². The highest BCUT2D eigenvalue weighted by Gasteiger charge is 2.10. The Bertz CT molecular complexity index is 184. The second-order valence-corrected chi connectivity index (χ2v) is 4.68. The molecule has 0 saturated carbocycles. The quantitative estimate of drug-likeness (QED) is 0.493. The second-order valence-electron chi connectivity index (χ2n) is 2.90. The molecule has 0 fully saturated rings. The molecule has 0 aliphatic rings. The fourth-order valence-electron chi connectivity index (χ4n) is 0.868. The Hall–Kier alpha value is -0.180. The molecule has 0 bridgehead atoms. The third-order valence-electron chi connectivity index (χ3n) is 1.48. The molecule has 4 nitrogen and oxygen atoms in total. The lowest BCUT2D eigenvalue weighted by Gasteiger charge is -2.01. The Morgan fingerprint density at radius 2 is 1.83 bits per heavy atom. The van der Waals surface area contributed by atoms with Crippen molar-refractivity contribution in [3.8, 4) is 0 Å². The molecule has 0 atom stereocenters. The standard InChI is InChI=1S/C7H15O4P/c1-7(8)5-3-2-4-6-12(9,10)11/h2-6H2,1H3,(H2,9,10,11). The fraction of sp³-hybridized carbons (Fsp3) is 0.857. The van der Waals surface area contributed by atoms with E-state index in [9.17, 15) is 9.36 Å². The molecule has 0 rings (SSSR count). The molecule has 5 heteroatoms. The summed E-state index contributed by atoms with van der Waals surface area (Å²) in [5, 5.41) is 0. The van der Waals surface area contributed by atoms with Crippen LogP contribution in [-0.2, 0) is 9.36 Å². The van der Waals surface area contributed by atoms with Gasteiger partial charge >= 0.3 is 7.60 Å². The average Bonchev–Trinajstić information content (AvgIpc) is 1.83. The highest BCUT2D eigenvalue weighted by atomic mass is 31.2. The Kier molecular flexibility index (Phi) is 5.38. The lowest BCUT2D eigenvalue weighted by Crippen LogP contribution is -1.92. The van der Waals surface area contributed by atoms with Crippen LogP contribution in [0.3, 0.4) is 0 Å². The molecule has 0 aliphatic heterocycles. The van der Waals surface area contributed by atoms with Gasteiger partial charge in [0.25, 0.3) is 0 Å². The Labute approximate surface area is 72.1 Å². The number of carbonyl (C=O) groups is 1. The topological polar surface area (TPSA) is 74.6 Å². The molecule has 0 heterocycles. The number of rotatable bonds is 6. The van der Waals surface area contributed by atoms with Gasteiger partial charge in [-0.1, -0.05) is 6.42 Å². The van der Waals surface area contributed by atoms with Crippen molar-refractivity contribution in [2.24, 2.45) is 0 Å². The van der Waals surface area contributed by atoms with Crippen LogP contribution in [0.5, 0.6) is 0 Å².